The quantitative estimate of drug-likeness (QED) is 0.887. The van der Waals surface area contributed by atoms with E-state index in [-0.39, 0.29) is 6.04 Å². The van der Waals surface area contributed by atoms with Gasteiger partial charge in [-0.15, -0.1) is 0 Å². The molecule has 0 bridgehead atoms. The molecule has 0 aliphatic carbocycles. The second kappa shape index (κ2) is 7.11. The first-order valence-electron chi connectivity index (χ1n) is 6.75. The van der Waals surface area contributed by atoms with Crippen LogP contribution in [0.5, 0.6) is 11.5 Å². The minimum Gasteiger partial charge on any atom is -0.497 e. The number of hydrogen-bond acceptors (Lipinski definition) is 4. The van der Waals surface area contributed by atoms with E-state index < -0.39 is 0 Å². The van der Waals surface area contributed by atoms with Gasteiger partial charge in [-0.25, -0.2) is 0 Å². The number of methoxy groups -OCH3 is 3. The fourth-order valence-corrected chi connectivity index (χ4v) is 2.24. The van der Waals surface area contributed by atoms with Crippen molar-refractivity contribution in [3.8, 4) is 11.5 Å². The van der Waals surface area contributed by atoms with Gasteiger partial charge in [-0.1, -0.05) is 24.3 Å². The lowest BCUT2D eigenvalue weighted by molar-refractivity contribution is 0.185. The molecule has 0 saturated heterocycles. The molecular formula is C17H21NO3. The molecule has 0 amide bonds. The summed E-state index contributed by atoms with van der Waals surface area (Å²) in [5.41, 5.74) is 9.43. The molecule has 0 radical (unpaired) electrons. The fraction of sp³-hybridized carbons (Fsp3) is 0.294. The molecule has 0 heterocycles. The topological polar surface area (TPSA) is 53.7 Å². The van der Waals surface area contributed by atoms with Crippen molar-refractivity contribution in [2.75, 3.05) is 21.3 Å². The van der Waals surface area contributed by atoms with Crippen LogP contribution in [0.1, 0.15) is 22.7 Å². The maximum Gasteiger partial charge on any atom is 0.127 e. The van der Waals surface area contributed by atoms with Crippen molar-refractivity contribution in [3.05, 3.63) is 59.2 Å². The highest BCUT2D eigenvalue weighted by molar-refractivity contribution is 5.46. The van der Waals surface area contributed by atoms with Crippen molar-refractivity contribution < 1.29 is 14.2 Å². The Morgan fingerprint density at radius 3 is 2.24 bits per heavy atom. The van der Waals surface area contributed by atoms with Gasteiger partial charge in [0.25, 0.3) is 0 Å². The Morgan fingerprint density at radius 2 is 1.67 bits per heavy atom. The van der Waals surface area contributed by atoms with Gasteiger partial charge in [0.05, 0.1) is 26.9 Å². The van der Waals surface area contributed by atoms with E-state index in [0.717, 1.165) is 28.2 Å². The van der Waals surface area contributed by atoms with E-state index in [9.17, 15) is 0 Å². The van der Waals surface area contributed by atoms with E-state index in [1.807, 2.05) is 42.5 Å². The molecule has 1 unspecified atom stereocenters. The second-order valence-corrected chi connectivity index (χ2v) is 4.76. The number of nitrogens with two attached hydrogens (primary N) is 1. The summed E-state index contributed by atoms with van der Waals surface area (Å²) in [4.78, 5) is 0. The van der Waals surface area contributed by atoms with Gasteiger partial charge in [-0.3, -0.25) is 0 Å². The Hall–Kier alpha value is -2.04. The molecule has 2 rings (SSSR count). The molecular weight excluding hydrogens is 266 g/mol. The molecule has 0 aromatic heterocycles. The standard InChI is InChI=1S/C17H21NO3/c1-19-11-12-4-6-13(7-5-12)17(18)15-9-8-14(20-2)10-16(15)21-3/h4-10,17H,11,18H2,1-3H3. The minimum atomic E-state index is -0.248. The van der Waals surface area contributed by atoms with E-state index in [2.05, 4.69) is 0 Å². The largest absolute Gasteiger partial charge is 0.497 e. The third-order valence-electron chi connectivity index (χ3n) is 3.43. The number of rotatable bonds is 6. The van der Waals surface area contributed by atoms with Crippen LogP contribution in [0.4, 0.5) is 0 Å². The summed E-state index contributed by atoms with van der Waals surface area (Å²) >= 11 is 0. The molecule has 4 nitrogen and oxygen atoms in total. The normalized spacial score (nSPS) is 12.0. The first-order valence-corrected chi connectivity index (χ1v) is 6.75. The molecule has 0 aliphatic heterocycles. The summed E-state index contributed by atoms with van der Waals surface area (Å²) in [7, 11) is 4.94. The lowest BCUT2D eigenvalue weighted by Gasteiger charge is -2.17. The van der Waals surface area contributed by atoms with Crippen LogP contribution in [0.2, 0.25) is 0 Å². The molecule has 0 saturated carbocycles. The Labute approximate surface area is 125 Å². The van der Waals surface area contributed by atoms with Crippen LogP contribution in [0.3, 0.4) is 0 Å². The first-order chi connectivity index (χ1) is 10.2. The summed E-state index contributed by atoms with van der Waals surface area (Å²) in [5, 5.41) is 0. The van der Waals surface area contributed by atoms with Crippen LogP contribution in [0, 0.1) is 0 Å². The molecule has 4 heteroatoms. The molecule has 112 valence electrons. The van der Waals surface area contributed by atoms with Crippen molar-refractivity contribution in [3.63, 3.8) is 0 Å². The zero-order chi connectivity index (χ0) is 15.2. The lowest BCUT2D eigenvalue weighted by atomic mass is 9.97. The average Bonchev–Trinajstić information content (AvgIpc) is 2.54. The Kier molecular flexibility index (Phi) is 5.20. The maximum absolute atomic E-state index is 6.36. The molecule has 2 N–H and O–H groups in total. The SMILES string of the molecule is COCc1ccc(C(N)c2ccc(OC)cc2OC)cc1. The summed E-state index contributed by atoms with van der Waals surface area (Å²) in [6, 6.07) is 13.5. The minimum absolute atomic E-state index is 0.248. The molecule has 2 aromatic carbocycles. The van der Waals surface area contributed by atoms with E-state index in [0.29, 0.717) is 6.61 Å². The number of hydrogen-bond donors (Lipinski definition) is 1. The van der Waals surface area contributed by atoms with Crippen molar-refractivity contribution in [1.82, 2.24) is 0 Å². The van der Waals surface area contributed by atoms with Crippen LogP contribution >= 0.6 is 0 Å². The Balaban J connectivity index is 2.28. The highest BCUT2D eigenvalue weighted by atomic mass is 16.5. The Bertz CT molecular complexity index is 581. The number of ether oxygens (including phenoxy) is 3. The van der Waals surface area contributed by atoms with Crippen molar-refractivity contribution >= 4 is 0 Å². The van der Waals surface area contributed by atoms with Crippen LogP contribution in [-0.4, -0.2) is 21.3 Å². The summed E-state index contributed by atoms with van der Waals surface area (Å²) < 4.78 is 15.7. The van der Waals surface area contributed by atoms with E-state index >= 15 is 0 Å². The van der Waals surface area contributed by atoms with Crippen molar-refractivity contribution in [1.29, 1.82) is 0 Å². The average molecular weight is 287 g/mol. The predicted octanol–water partition coefficient (Wildman–Crippen LogP) is 2.90. The third kappa shape index (κ3) is 3.54. The van der Waals surface area contributed by atoms with Crippen molar-refractivity contribution in [2.45, 2.75) is 12.6 Å². The van der Waals surface area contributed by atoms with Crippen LogP contribution in [0.15, 0.2) is 42.5 Å². The molecule has 0 aliphatic rings. The number of benzene rings is 2. The molecule has 0 spiro atoms. The van der Waals surface area contributed by atoms with Crippen LogP contribution in [-0.2, 0) is 11.3 Å². The van der Waals surface area contributed by atoms with Gasteiger partial charge >= 0.3 is 0 Å². The summed E-state index contributed by atoms with van der Waals surface area (Å²) in [6.07, 6.45) is 0. The lowest BCUT2D eigenvalue weighted by Crippen LogP contribution is -2.13. The zero-order valence-corrected chi connectivity index (χ0v) is 12.6. The highest BCUT2D eigenvalue weighted by Crippen LogP contribution is 2.31. The maximum atomic E-state index is 6.36. The molecule has 1 atom stereocenters. The predicted molar refractivity (Wildman–Crippen MR) is 82.7 cm³/mol. The van der Waals surface area contributed by atoms with Gasteiger partial charge in [0.1, 0.15) is 11.5 Å². The van der Waals surface area contributed by atoms with E-state index in [1.165, 1.54) is 0 Å². The fourth-order valence-electron chi connectivity index (χ4n) is 2.24. The smallest absolute Gasteiger partial charge is 0.127 e. The zero-order valence-electron chi connectivity index (χ0n) is 12.6. The monoisotopic (exact) mass is 287 g/mol. The van der Waals surface area contributed by atoms with Gasteiger partial charge < -0.3 is 19.9 Å². The van der Waals surface area contributed by atoms with E-state index in [4.69, 9.17) is 19.9 Å². The summed E-state index contributed by atoms with van der Waals surface area (Å²) in [6.45, 7) is 0.599. The van der Waals surface area contributed by atoms with Gasteiger partial charge in [-0.05, 0) is 23.3 Å². The van der Waals surface area contributed by atoms with Crippen LogP contribution in [0.25, 0.3) is 0 Å². The Morgan fingerprint density at radius 1 is 0.952 bits per heavy atom. The second-order valence-electron chi connectivity index (χ2n) is 4.76. The van der Waals surface area contributed by atoms with Gasteiger partial charge in [-0.2, -0.15) is 0 Å². The van der Waals surface area contributed by atoms with Gasteiger partial charge in [0.2, 0.25) is 0 Å². The van der Waals surface area contributed by atoms with Crippen LogP contribution < -0.4 is 15.2 Å². The van der Waals surface area contributed by atoms with Gasteiger partial charge in [0.15, 0.2) is 0 Å². The van der Waals surface area contributed by atoms with E-state index in [1.54, 1.807) is 21.3 Å². The van der Waals surface area contributed by atoms with Gasteiger partial charge in [0, 0.05) is 18.7 Å². The molecule has 21 heavy (non-hydrogen) atoms. The summed E-state index contributed by atoms with van der Waals surface area (Å²) in [5.74, 6) is 1.47. The highest BCUT2D eigenvalue weighted by Gasteiger charge is 2.14. The van der Waals surface area contributed by atoms with Crippen molar-refractivity contribution in [2.24, 2.45) is 5.73 Å². The molecule has 0 fully saturated rings. The first kappa shape index (κ1) is 15.4. The molecule has 2 aromatic rings. The third-order valence-corrected chi connectivity index (χ3v) is 3.43.